The first-order valence-corrected chi connectivity index (χ1v) is 8.04. The van der Waals surface area contributed by atoms with E-state index in [0.29, 0.717) is 6.54 Å². The van der Waals surface area contributed by atoms with Gasteiger partial charge in [0, 0.05) is 39.3 Å². The normalized spacial score (nSPS) is 18.8. The molecule has 1 aromatic carbocycles. The summed E-state index contributed by atoms with van der Waals surface area (Å²) in [5.41, 5.74) is 0.772. The van der Waals surface area contributed by atoms with Crippen LogP contribution in [0.1, 0.15) is 25.5 Å². The lowest BCUT2D eigenvalue weighted by molar-refractivity contribution is 0.0347. The third kappa shape index (κ3) is 5.65. The molecule has 1 heterocycles. The van der Waals surface area contributed by atoms with Gasteiger partial charge in [-0.15, -0.1) is 0 Å². The second kappa shape index (κ2) is 8.58. The predicted molar refractivity (Wildman–Crippen MR) is 85.3 cm³/mol. The Morgan fingerprint density at radius 1 is 1.09 bits per heavy atom. The monoisotopic (exact) mass is 310 g/mol. The number of β-amino-alcohol motifs (C(OH)–C–C–N with tert-alkyl or cyclic N) is 1. The van der Waals surface area contributed by atoms with E-state index in [1.54, 1.807) is 12.1 Å². The number of aliphatic hydroxyl groups excluding tert-OH is 1. The fraction of sp³-hybridized carbons (Fsp3) is 0.647. The van der Waals surface area contributed by atoms with Crippen LogP contribution in [-0.2, 0) is 4.74 Å². The summed E-state index contributed by atoms with van der Waals surface area (Å²) in [6, 6.07) is 6.09. The highest BCUT2D eigenvalue weighted by Crippen LogP contribution is 2.16. The van der Waals surface area contributed by atoms with E-state index in [0.717, 1.165) is 44.9 Å². The van der Waals surface area contributed by atoms with Gasteiger partial charge in [-0.1, -0.05) is 12.1 Å². The van der Waals surface area contributed by atoms with E-state index in [4.69, 9.17) is 4.74 Å². The highest BCUT2D eigenvalue weighted by Gasteiger charge is 2.19. The van der Waals surface area contributed by atoms with Crippen molar-refractivity contribution in [3.05, 3.63) is 35.6 Å². The molecule has 124 valence electrons. The van der Waals surface area contributed by atoms with Crippen LogP contribution in [0.4, 0.5) is 4.39 Å². The lowest BCUT2D eigenvalue weighted by Crippen LogP contribution is -2.48. The van der Waals surface area contributed by atoms with Gasteiger partial charge in [0.05, 0.1) is 18.8 Å². The molecule has 1 saturated heterocycles. The zero-order valence-electron chi connectivity index (χ0n) is 13.5. The third-order valence-corrected chi connectivity index (χ3v) is 4.01. The van der Waals surface area contributed by atoms with Gasteiger partial charge in [0.25, 0.3) is 0 Å². The minimum Gasteiger partial charge on any atom is -0.387 e. The van der Waals surface area contributed by atoms with Crippen LogP contribution in [0.5, 0.6) is 0 Å². The molecule has 1 aromatic rings. The molecule has 0 aliphatic carbocycles. The summed E-state index contributed by atoms with van der Waals surface area (Å²) in [6.07, 6.45) is -0.274. The molecule has 0 saturated carbocycles. The van der Waals surface area contributed by atoms with Crippen molar-refractivity contribution in [2.75, 3.05) is 45.9 Å². The number of hydrogen-bond acceptors (Lipinski definition) is 4. The number of piperazine rings is 1. The van der Waals surface area contributed by atoms with Gasteiger partial charge < -0.3 is 9.84 Å². The Morgan fingerprint density at radius 3 is 2.27 bits per heavy atom. The van der Waals surface area contributed by atoms with Gasteiger partial charge in [0.2, 0.25) is 0 Å². The number of nitrogens with zero attached hydrogens (tertiary/aromatic N) is 2. The van der Waals surface area contributed by atoms with Crippen molar-refractivity contribution in [2.24, 2.45) is 0 Å². The van der Waals surface area contributed by atoms with E-state index in [2.05, 4.69) is 23.6 Å². The molecule has 1 aliphatic heterocycles. The summed E-state index contributed by atoms with van der Waals surface area (Å²) < 4.78 is 18.5. The Balaban J connectivity index is 1.69. The average Bonchev–Trinajstić information content (AvgIpc) is 2.49. The van der Waals surface area contributed by atoms with Crippen molar-refractivity contribution < 1.29 is 14.2 Å². The highest BCUT2D eigenvalue weighted by atomic mass is 19.1. The minimum absolute atomic E-state index is 0.270. The standard InChI is InChI=1S/C17H27FN2O2/c1-14(2)22-12-11-19-7-9-20(10-8-19)13-17(21)15-3-5-16(18)6-4-15/h3-6,14,17,21H,7-13H2,1-2H3. The maximum Gasteiger partial charge on any atom is 0.123 e. The van der Waals surface area contributed by atoms with Crippen LogP contribution in [0.15, 0.2) is 24.3 Å². The van der Waals surface area contributed by atoms with Crippen molar-refractivity contribution in [1.29, 1.82) is 0 Å². The predicted octanol–water partition coefficient (Wildman–Crippen LogP) is 1.90. The summed E-state index contributed by atoms with van der Waals surface area (Å²) >= 11 is 0. The van der Waals surface area contributed by atoms with Crippen molar-refractivity contribution in [2.45, 2.75) is 26.1 Å². The van der Waals surface area contributed by atoms with Crippen LogP contribution in [0, 0.1) is 5.82 Å². The zero-order valence-corrected chi connectivity index (χ0v) is 13.5. The zero-order chi connectivity index (χ0) is 15.9. The molecule has 2 rings (SSSR count). The van der Waals surface area contributed by atoms with E-state index in [-0.39, 0.29) is 11.9 Å². The topological polar surface area (TPSA) is 35.9 Å². The molecular formula is C17H27FN2O2. The summed E-state index contributed by atoms with van der Waals surface area (Å²) in [7, 11) is 0. The van der Waals surface area contributed by atoms with E-state index >= 15 is 0 Å². The summed E-state index contributed by atoms with van der Waals surface area (Å²) in [6.45, 7) is 10.3. The van der Waals surface area contributed by atoms with Crippen LogP contribution in [0.25, 0.3) is 0 Å². The molecule has 4 nitrogen and oxygen atoms in total. The van der Waals surface area contributed by atoms with Gasteiger partial charge in [0.15, 0.2) is 0 Å². The molecule has 0 spiro atoms. The minimum atomic E-state index is -0.559. The first-order chi connectivity index (χ1) is 10.5. The van der Waals surface area contributed by atoms with E-state index < -0.39 is 6.10 Å². The number of aliphatic hydroxyl groups is 1. The molecule has 0 amide bonds. The second-order valence-electron chi connectivity index (χ2n) is 6.13. The first kappa shape index (κ1) is 17.3. The van der Waals surface area contributed by atoms with Gasteiger partial charge in [-0.2, -0.15) is 0 Å². The van der Waals surface area contributed by atoms with Gasteiger partial charge >= 0.3 is 0 Å². The van der Waals surface area contributed by atoms with Crippen molar-refractivity contribution in [3.8, 4) is 0 Å². The van der Waals surface area contributed by atoms with Gasteiger partial charge in [-0.3, -0.25) is 9.80 Å². The van der Waals surface area contributed by atoms with Crippen LogP contribution in [0.3, 0.4) is 0 Å². The maximum atomic E-state index is 12.9. The Bertz CT molecular complexity index is 431. The van der Waals surface area contributed by atoms with Crippen LogP contribution >= 0.6 is 0 Å². The number of benzene rings is 1. The largest absolute Gasteiger partial charge is 0.387 e. The number of hydrogen-bond donors (Lipinski definition) is 1. The Morgan fingerprint density at radius 2 is 1.68 bits per heavy atom. The molecule has 0 aromatic heterocycles. The molecule has 5 heteroatoms. The molecule has 1 fully saturated rings. The fourth-order valence-corrected chi connectivity index (χ4v) is 2.65. The highest BCUT2D eigenvalue weighted by molar-refractivity contribution is 5.18. The summed E-state index contributed by atoms with van der Waals surface area (Å²) in [5.74, 6) is -0.270. The average molecular weight is 310 g/mol. The number of ether oxygens (including phenoxy) is 1. The third-order valence-electron chi connectivity index (χ3n) is 4.01. The van der Waals surface area contributed by atoms with Crippen LogP contribution in [-0.4, -0.2) is 66.9 Å². The molecule has 1 atom stereocenters. The summed E-state index contributed by atoms with van der Waals surface area (Å²) in [4.78, 5) is 4.65. The smallest absolute Gasteiger partial charge is 0.123 e. The molecule has 0 bridgehead atoms. The van der Waals surface area contributed by atoms with Gasteiger partial charge in [-0.25, -0.2) is 4.39 Å². The molecule has 1 unspecified atom stereocenters. The molecule has 1 aliphatic rings. The van der Waals surface area contributed by atoms with Gasteiger partial charge in [0.1, 0.15) is 5.82 Å². The Kier molecular flexibility index (Phi) is 6.76. The lowest BCUT2D eigenvalue weighted by Gasteiger charge is -2.35. The Labute approximate surface area is 132 Å². The van der Waals surface area contributed by atoms with Gasteiger partial charge in [-0.05, 0) is 31.5 Å². The van der Waals surface area contributed by atoms with Crippen molar-refractivity contribution in [3.63, 3.8) is 0 Å². The number of halogens is 1. The second-order valence-corrected chi connectivity index (χ2v) is 6.13. The van der Waals surface area contributed by atoms with Crippen molar-refractivity contribution in [1.82, 2.24) is 9.80 Å². The lowest BCUT2D eigenvalue weighted by atomic mass is 10.1. The molecule has 0 radical (unpaired) electrons. The van der Waals surface area contributed by atoms with Crippen LogP contribution in [0.2, 0.25) is 0 Å². The molecule has 22 heavy (non-hydrogen) atoms. The van der Waals surface area contributed by atoms with Crippen molar-refractivity contribution >= 4 is 0 Å². The van der Waals surface area contributed by atoms with Crippen LogP contribution < -0.4 is 0 Å². The maximum absolute atomic E-state index is 12.9. The van der Waals surface area contributed by atoms with E-state index in [1.807, 2.05) is 0 Å². The summed E-state index contributed by atoms with van der Waals surface area (Å²) in [5, 5.41) is 10.2. The molecular weight excluding hydrogens is 283 g/mol. The first-order valence-electron chi connectivity index (χ1n) is 8.04. The van der Waals surface area contributed by atoms with E-state index in [9.17, 15) is 9.50 Å². The fourth-order valence-electron chi connectivity index (χ4n) is 2.65. The van der Waals surface area contributed by atoms with E-state index in [1.165, 1.54) is 12.1 Å². The number of rotatable bonds is 7. The quantitative estimate of drug-likeness (QED) is 0.834. The molecule has 1 N–H and O–H groups in total. The Hall–Kier alpha value is -1.01. The SMILES string of the molecule is CC(C)OCCN1CCN(CC(O)c2ccc(F)cc2)CC1.